The quantitative estimate of drug-likeness (QED) is 0.817. The van der Waals surface area contributed by atoms with Crippen LogP contribution in [0.25, 0.3) is 0 Å². The second-order valence-corrected chi connectivity index (χ2v) is 6.35. The van der Waals surface area contributed by atoms with Crippen molar-refractivity contribution in [3.05, 3.63) is 64.7 Å². The van der Waals surface area contributed by atoms with E-state index in [1.54, 1.807) is 11.8 Å². The summed E-state index contributed by atoms with van der Waals surface area (Å²) in [5.41, 5.74) is 8.50. The zero-order valence-electron chi connectivity index (χ0n) is 11.1. The number of aryl methyl sites for hydroxylation is 1. The third-order valence-electron chi connectivity index (χ3n) is 2.97. The summed E-state index contributed by atoms with van der Waals surface area (Å²) in [6, 6.07) is 16.5. The summed E-state index contributed by atoms with van der Waals surface area (Å²) in [5, 5.41) is 0.945. The Hall–Kier alpha value is -0.960. The van der Waals surface area contributed by atoms with E-state index in [4.69, 9.17) is 17.3 Å². The van der Waals surface area contributed by atoms with Gasteiger partial charge in [0.25, 0.3) is 0 Å². The van der Waals surface area contributed by atoms with Gasteiger partial charge < -0.3 is 5.73 Å². The predicted octanol–water partition coefficient (Wildman–Crippen LogP) is 4.83. The summed E-state index contributed by atoms with van der Waals surface area (Å²) in [6.45, 7) is 4.11. The van der Waals surface area contributed by atoms with Crippen molar-refractivity contribution in [2.24, 2.45) is 5.73 Å². The molecule has 1 nitrogen and oxygen atoms in total. The van der Waals surface area contributed by atoms with Crippen molar-refractivity contribution in [3.8, 4) is 0 Å². The topological polar surface area (TPSA) is 26.0 Å². The van der Waals surface area contributed by atoms with Gasteiger partial charge in [-0.3, -0.25) is 0 Å². The monoisotopic (exact) mass is 291 g/mol. The molecule has 0 aliphatic heterocycles. The second-order valence-electron chi connectivity index (χ2n) is 4.73. The van der Waals surface area contributed by atoms with Crippen LogP contribution in [0.1, 0.15) is 23.3 Å². The van der Waals surface area contributed by atoms with Crippen LogP contribution in [0.2, 0.25) is 5.02 Å². The van der Waals surface area contributed by atoms with Crippen LogP contribution in [0.5, 0.6) is 0 Å². The first-order valence-electron chi connectivity index (χ1n) is 6.31. The zero-order chi connectivity index (χ0) is 13.8. The number of benzene rings is 2. The van der Waals surface area contributed by atoms with E-state index in [1.807, 2.05) is 25.1 Å². The van der Waals surface area contributed by atoms with Crippen molar-refractivity contribution < 1.29 is 0 Å². The fourth-order valence-electron chi connectivity index (χ4n) is 1.92. The van der Waals surface area contributed by atoms with Crippen LogP contribution in [0.3, 0.4) is 0 Å². The Balaban J connectivity index is 2.27. The van der Waals surface area contributed by atoms with E-state index < -0.39 is 0 Å². The Morgan fingerprint density at radius 2 is 1.68 bits per heavy atom. The van der Waals surface area contributed by atoms with Crippen molar-refractivity contribution >= 4 is 23.4 Å². The summed E-state index contributed by atoms with van der Waals surface area (Å²) in [4.78, 5) is 1.22. The molecule has 0 radical (unpaired) electrons. The van der Waals surface area contributed by atoms with Crippen LogP contribution in [0.15, 0.2) is 53.4 Å². The molecule has 2 aromatic carbocycles. The maximum absolute atomic E-state index is 6.29. The Labute approximate surface area is 124 Å². The Morgan fingerprint density at radius 3 is 2.26 bits per heavy atom. The molecule has 100 valence electrons. The number of rotatable bonds is 4. The third kappa shape index (κ3) is 3.75. The minimum absolute atomic E-state index is 0.0335. The molecule has 0 spiro atoms. The fraction of sp³-hybridized carbons (Fsp3) is 0.250. The second kappa shape index (κ2) is 6.47. The maximum Gasteiger partial charge on any atom is 0.0507 e. The van der Waals surface area contributed by atoms with Crippen LogP contribution in [-0.4, -0.2) is 6.04 Å². The van der Waals surface area contributed by atoms with E-state index in [2.05, 4.69) is 37.3 Å². The summed E-state index contributed by atoms with van der Waals surface area (Å²) in [7, 11) is 0. The SMILES string of the molecule is Cc1ccc(SC(c2ccccc2Cl)C(C)N)cc1. The van der Waals surface area contributed by atoms with E-state index in [0.29, 0.717) is 0 Å². The Morgan fingerprint density at radius 1 is 1.05 bits per heavy atom. The first-order chi connectivity index (χ1) is 9.08. The minimum Gasteiger partial charge on any atom is -0.327 e. The number of hydrogen-bond acceptors (Lipinski definition) is 2. The highest BCUT2D eigenvalue weighted by atomic mass is 35.5. The third-order valence-corrected chi connectivity index (χ3v) is 4.80. The number of thioether (sulfide) groups is 1. The molecule has 0 heterocycles. The molecule has 2 rings (SSSR count). The highest BCUT2D eigenvalue weighted by Crippen LogP contribution is 2.39. The summed E-state index contributed by atoms with van der Waals surface area (Å²) < 4.78 is 0. The van der Waals surface area contributed by atoms with Crippen LogP contribution in [0, 0.1) is 6.92 Å². The van der Waals surface area contributed by atoms with Crippen LogP contribution < -0.4 is 5.73 Å². The zero-order valence-corrected chi connectivity index (χ0v) is 12.7. The van der Waals surface area contributed by atoms with E-state index in [-0.39, 0.29) is 11.3 Å². The van der Waals surface area contributed by atoms with Gasteiger partial charge in [-0.2, -0.15) is 0 Å². The minimum atomic E-state index is 0.0335. The molecule has 0 aromatic heterocycles. The van der Waals surface area contributed by atoms with Gasteiger partial charge in [-0.1, -0.05) is 47.5 Å². The first-order valence-corrected chi connectivity index (χ1v) is 7.57. The normalized spacial score (nSPS) is 14.1. The lowest BCUT2D eigenvalue weighted by atomic mass is 10.1. The van der Waals surface area contributed by atoms with Crippen LogP contribution >= 0.6 is 23.4 Å². The number of nitrogens with two attached hydrogens (primary N) is 1. The molecule has 2 aromatic rings. The molecular weight excluding hydrogens is 274 g/mol. The van der Waals surface area contributed by atoms with Crippen molar-refractivity contribution in [3.63, 3.8) is 0 Å². The molecule has 2 atom stereocenters. The van der Waals surface area contributed by atoms with E-state index in [1.165, 1.54) is 10.5 Å². The van der Waals surface area contributed by atoms with Crippen molar-refractivity contribution in [1.29, 1.82) is 0 Å². The summed E-state index contributed by atoms with van der Waals surface area (Å²) in [5.74, 6) is 0. The van der Waals surface area contributed by atoms with E-state index >= 15 is 0 Å². The largest absolute Gasteiger partial charge is 0.327 e. The molecule has 3 heteroatoms. The average Bonchev–Trinajstić information content (AvgIpc) is 2.39. The molecule has 19 heavy (non-hydrogen) atoms. The molecule has 0 saturated heterocycles. The molecule has 0 saturated carbocycles. The lowest BCUT2D eigenvalue weighted by molar-refractivity contribution is 0.721. The number of hydrogen-bond donors (Lipinski definition) is 1. The van der Waals surface area contributed by atoms with E-state index in [0.717, 1.165) is 10.6 Å². The van der Waals surface area contributed by atoms with Gasteiger partial charge in [-0.05, 0) is 37.6 Å². The maximum atomic E-state index is 6.29. The Kier molecular flexibility index (Phi) is 4.92. The highest BCUT2D eigenvalue weighted by molar-refractivity contribution is 7.99. The van der Waals surface area contributed by atoms with Gasteiger partial charge in [0.2, 0.25) is 0 Å². The van der Waals surface area contributed by atoms with Gasteiger partial charge in [-0.25, -0.2) is 0 Å². The van der Waals surface area contributed by atoms with Gasteiger partial charge in [-0.15, -0.1) is 11.8 Å². The molecule has 0 aliphatic carbocycles. The Bertz CT molecular complexity index is 537. The first kappa shape index (κ1) is 14.4. The predicted molar refractivity (Wildman–Crippen MR) is 84.9 cm³/mol. The standard InChI is InChI=1S/C16H18ClNS/c1-11-7-9-13(10-8-11)19-16(12(2)18)14-5-3-4-6-15(14)17/h3-10,12,16H,18H2,1-2H3. The van der Waals surface area contributed by atoms with Crippen LogP contribution in [-0.2, 0) is 0 Å². The van der Waals surface area contributed by atoms with Crippen molar-refractivity contribution in [2.75, 3.05) is 0 Å². The smallest absolute Gasteiger partial charge is 0.0507 e. The molecule has 0 aliphatic rings. The lowest BCUT2D eigenvalue weighted by Gasteiger charge is -2.22. The summed E-state index contributed by atoms with van der Waals surface area (Å²) >= 11 is 8.05. The van der Waals surface area contributed by atoms with Gasteiger partial charge in [0, 0.05) is 16.0 Å². The molecule has 0 amide bonds. The van der Waals surface area contributed by atoms with Gasteiger partial charge in [0.1, 0.15) is 0 Å². The molecular formula is C16H18ClNS. The van der Waals surface area contributed by atoms with E-state index in [9.17, 15) is 0 Å². The van der Waals surface area contributed by atoms with Crippen molar-refractivity contribution in [1.82, 2.24) is 0 Å². The molecule has 2 unspecified atom stereocenters. The average molecular weight is 292 g/mol. The highest BCUT2D eigenvalue weighted by Gasteiger charge is 2.19. The van der Waals surface area contributed by atoms with Gasteiger partial charge in [0.15, 0.2) is 0 Å². The molecule has 2 N–H and O–H groups in total. The molecule has 0 fully saturated rings. The van der Waals surface area contributed by atoms with Crippen molar-refractivity contribution in [2.45, 2.75) is 30.0 Å². The lowest BCUT2D eigenvalue weighted by Crippen LogP contribution is -2.22. The fourth-order valence-corrected chi connectivity index (χ4v) is 3.37. The molecule has 0 bridgehead atoms. The van der Waals surface area contributed by atoms with Gasteiger partial charge >= 0.3 is 0 Å². The number of halogens is 1. The summed E-state index contributed by atoms with van der Waals surface area (Å²) in [6.07, 6.45) is 0. The van der Waals surface area contributed by atoms with Gasteiger partial charge in [0.05, 0.1) is 5.25 Å². The van der Waals surface area contributed by atoms with Crippen LogP contribution in [0.4, 0.5) is 0 Å².